The number of nitriles is 1. The van der Waals surface area contributed by atoms with Crippen molar-refractivity contribution in [3.63, 3.8) is 0 Å². The molecule has 38 heavy (non-hydrogen) atoms. The number of piperazine rings is 1. The van der Waals surface area contributed by atoms with E-state index in [0.717, 1.165) is 48.3 Å². The maximum Gasteiger partial charge on any atom is 0.262 e. The molecular weight excluding hydrogens is 479 g/mol. The zero-order valence-corrected chi connectivity index (χ0v) is 21.4. The summed E-state index contributed by atoms with van der Waals surface area (Å²) >= 11 is 0. The molecule has 0 bridgehead atoms. The molecule has 8 heteroatoms. The second kappa shape index (κ2) is 10.9. The van der Waals surface area contributed by atoms with Crippen molar-refractivity contribution in [2.24, 2.45) is 0 Å². The molecule has 2 N–H and O–H groups in total. The number of nitrogens with one attached hydrogen (secondary N) is 2. The molecular formula is C30H29FN6O. The summed E-state index contributed by atoms with van der Waals surface area (Å²) in [6, 6.07) is 18.0. The summed E-state index contributed by atoms with van der Waals surface area (Å²) in [6.45, 7) is 5.84. The number of carbonyl (C=O) groups excluding carboxylic acids is 1. The van der Waals surface area contributed by atoms with Gasteiger partial charge in [0.1, 0.15) is 23.1 Å². The zero-order chi connectivity index (χ0) is 26.6. The van der Waals surface area contributed by atoms with Crippen LogP contribution in [0, 0.1) is 17.1 Å². The molecule has 1 fully saturated rings. The first kappa shape index (κ1) is 25.2. The number of carbonyl (C=O) groups is 1. The number of hydrogen-bond acceptors (Lipinski definition) is 5. The number of hydrogen-bond donors (Lipinski definition) is 2. The zero-order valence-electron chi connectivity index (χ0n) is 21.4. The number of rotatable bonds is 6. The molecule has 1 aliphatic rings. The van der Waals surface area contributed by atoms with Crippen LogP contribution in [0.2, 0.25) is 0 Å². The molecule has 0 saturated carbocycles. The van der Waals surface area contributed by atoms with Gasteiger partial charge in [-0.25, -0.2) is 9.37 Å². The number of H-pyrrole nitrogens is 1. The third-order valence-corrected chi connectivity index (χ3v) is 6.99. The second-order valence-electron chi connectivity index (χ2n) is 9.62. The highest BCUT2D eigenvalue weighted by Gasteiger charge is 2.17. The number of aromatic amines is 1. The molecule has 1 saturated heterocycles. The summed E-state index contributed by atoms with van der Waals surface area (Å²) in [5.41, 5.74) is 5.29. The highest BCUT2D eigenvalue weighted by Crippen LogP contribution is 2.29. The minimum atomic E-state index is -0.498. The largest absolute Gasteiger partial charge is 0.369 e. The Kier molecular flexibility index (Phi) is 7.20. The van der Waals surface area contributed by atoms with Crippen LogP contribution in [0.3, 0.4) is 0 Å². The lowest BCUT2D eigenvalue weighted by molar-refractivity contribution is -0.117. The van der Waals surface area contributed by atoms with Gasteiger partial charge in [0.15, 0.2) is 0 Å². The monoisotopic (exact) mass is 508 g/mol. The van der Waals surface area contributed by atoms with Crippen LogP contribution in [0.15, 0.2) is 72.6 Å². The van der Waals surface area contributed by atoms with E-state index in [0.29, 0.717) is 11.2 Å². The van der Waals surface area contributed by atoms with E-state index in [4.69, 9.17) is 0 Å². The van der Waals surface area contributed by atoms with Crippen LogP contribution < -0.4 is 10.2 Å². The summed E-state index contributed by atoms with van der Waals surface area (Å²) in [5, 5.41) is 13.4. The van der Waals surface area contributed by atoms with Gasteiger partial charge in [0.2, 0.25) is 0 Å². The fourth-order valence-electron chi connectivity index (χ4n) is 4.66. The Labute approximate surface area is 221 Å². The molecule has 192 valence electrons. The average molecular weight is 509 g/mol. The normalized spacial score (nSPS) is 15.3. The molecule has 4 aromatic rings. The number of anilines is 1. The van der Waals surface area contributed by atoms with E-state index in [1.54, 1.807) is 31.3 Å². The number of pyridine rings is 1. The fourth-order valence-corrected chi connectivity index (χ4v) is 4.66. The minimum absolute atomic E-state index is 0.0256. The first-order chi connectivity index (χ1) is 18.4. The smallest absolute Gasteiger partial charge is 0.262 e. The summed E-state index contributed by atoms with van der Waals surface area (Å²) in [7, 11) is 2.14. The molecule has 3 heterocycles. The Bertz CT molecular complexity index is 1530. The van der Waals surface area contributed by atoms with Crippen molar-refractivity contribution in [1.29, 1.82) is 5.26 Å². The van der Waals surface area contributed by atoms with Crippen LogP contribution in [0.1, 0.15) is 24.1 Å². The van der Waals surface area contributed by atoms with Crippen molar-refractivity contribution in [2.45, 2.75) is 13.0 Å². The first-order valence-electron chi connectivity index (χ1n) is 12.6. The Hall–Kier alpha value is -4.48. The third kappa shape index (κ3) is 5.43. The summed E-state index contributed by atoms with van der Waals surface area (Å²) in [6.07, 6.45) is 5.14. The third-order valence-electron chi connectivity index (χ3n) is 6.99. The number of fused-ring (bicyclic) bond motifs is 1. The van der Waals surface area contributed by atoms with E-state index in [1.165, 1.54) is 17.8 Å². The highest BCUT2D eigenvalue weighted by molar-refractivity contribution is 6.04. The van der Waals surface area contributed by atoms with Crippen LogP contribution in [0.25, 0.3) is 28.2 Å². The van der Waals surface area contributed by atoms with Crippen LogP contribution >= 0.6 is 0 Å². The number of aromatic nitrogens is 2. The van der Waals surface area contributed by atoms with Gasteiger partial charge in [-0.1, -0.05) is 24.3 Å². The quantitative estimate of drug-likeness (QED) is 0.286. The van der Waals surface area contributed by atoms with Gasteiger partial charge in [0.05, 0.1) is 6.04 Å². The molecule has 5 rings (SSSR count). The van der Waals surface area contributed by atoms with Crippen molar-refractivity contribution in [2.75, 3.05) is 38.1 Å². The molecule has 1 atom stereocenters. The SMILES string of the molecule is C[C@@H](NC(=O)/C(C#N)=C/c1c[nH]c2ncc(-c3cccc(N4CCN(C)CC4)c3)cc12)c1ccc(F)cc1. The van der Waals surface area contributed by atoms with Crippen LogP contribution in [-0.4, -0.2) is 54.0 Å². The Morgan fingerprint density at radius 3 is 2.63 bits per heavy atom. The van der Waals surface area contributed by atoms with Gasteiger partial charge < -0.3 is 20.1 Å². The summed E-state index contributed by atoms with van der Waals surface area (Å²) < 4.78 is 13.2. The van der Waals surface area contributed by atoms with E-state index in [1.807, 2.05) is 18.3 Å². The van der Waals surface area contributed by atoms with E-state index >= 15 is 0 Å². The molecule has 2 aromatic carbocycles. The Balaban J connectivity index is 1.39. The van der Waals surface area contributed by atoms with Crippen molar-refractivity contribution in [3.8, 4) is 17.2 Å². The molecule has 1 amide bonds. The van der Waals surface area contributed by atoms with E-state index in [9.17, 15) is 14.4 Å². The molecule has 0 unspecified atom stereocenters. The Morgan fingerprint density at radius 1 is 1.13 bits per heavy atom. The van der Waals surface area contributed by atoms with Gasteiger partial charge in [-0.2, -0.15) is 5.26 Å². The van der Waals surface area contributed by atoms with Crippen molar-refractivity contribution < 1.29 is 9.18 Å². The van der Waals surface area contributed by atoms with Crippen molar-refractivity contribution in [3.05, 3.63) is 89.5 Å². The minimum Gasteiger partial charge on any atom is -0.369 e. The molecule has 7 nitrogen and oxygen atoms in total. The van der Waals surface area contributed by atoms with Crippen LogP contribution in [-0.2, 0) is 4.79 Å². The standard InChI is InChI=1S/C30H29FN6O/c1-20(21-6-8-26(31)9-7-21)35-30(38)23(17-32)14-25-19-34-29-28(25)16-24(18-33-29)22-4-3-5-27(15-22)37-12-10-36(2)11-13-37/h3-9,14-16,18-20H,10-13H2,1-2H3,(H,33,34)(H,35,38)/b23-14+/t20-/m1/s1. The Morgan fingerprint density at radius 2 is 1.89 bits per heavy atom. The maximum atomic E-state index is 13.2. The number of amides is 1. The van der Waals surface area contributed by atoms with Gasteiger partial charge in [0, 0.05) is 60.8 Å². The van der Waals surface area contributed by atoms with E-state index < -0.39 is 5.91 Å². The lowest BCUT2D eigenvalue weighted by Crippen LogP contribution is -2.44. The predicted molar refractivity (Wildman–Crippen MR) is 148 cm³/mol. The fraction of sp³-hybridized carbons (Fsp3) is 0.233. The summed E-state index contributed by atoms with van der Waals surface area (Å²) in [4.78, 5) is 25.3. The number of halogens is 1. The highest BCUT2D eigenvalue weighted by atomic mass is 19.1. The number of likely N-dealkylation sites (N-methyl/N-ethyl adjacent to an activating group) is 1. The predicted octanol–water partition coefficient (Wildman–Crippen LogP) is 4.91. The lowest BCUT2D eigenvalue weighted by Gasteiger charge is -2.34. The van der Waals surface area contributed by atoms with E-state index in [-0.39, 0.29) is 17.4 Å². The lowest BCUT2D eigenvalue weighted by atomic mass is 10.0. The van der Waals surface area contributed by atoms with Gasteiger partial charge >= 0.3 is 0 Å². The first-order valence-corrected chi connectivity index (χ1v) is 12.6. The maximum absolute atomic E-state index is 13.2. The van der Waals surface area contributed by atoms with Crippen LogP contribution in [0.5, 0.6) is 0 Å². The number of nitrogens with zero attached hydrogens (tertiary/aromatic N) is 4. The summed E-state index contributed by atoms with van der Waals surface area (Å²) in [5.74, 6) is -0.842. The van der Waals surface area contributed by atoms with Crippen molar-refractivity contribution >= 4 is 28.7 Å². The van der Waals surface area contributed by atoms with E-state index in [2.05, 4.69) is 56.4 Å². The average Bonchev–Trinajstić information content (AvgIpc) is 3.34. The van der Waals surface area contributed by atoms with Gasteiger partial charge in [-0.15, -0.1) is 0 Å². The molecule has 1 aliphatic heterocycles. The van der Waals surface area contributed by atoms with Gasteiger partial charge in [0.25, 0.3) is 5.91 Å². The molecule has 0 aliphatic carbocycles. The topological polar surface area (TPSA) is 88.0 Å². The van der Waals surface area contributed by atoms with Gasteiger partial charge in [-0.05, 0) is 61.5 Å². The van der Waals surface area contributed by atoms with Crippen LogP contribution in [0.4, 0.5) is 10.1 Å². The van der Waals surface area contributed by atoms with Gasteiger partial charge in [-0.3, -0.25) is 4.79 Å². The molecule has 0 radical (unpaired) electrons. The second-order valence-corrected chi connectivity index (χ2v) is 9.62. The number of benzene rings is 2. The van der Waals surface area contributed by atoms with Crippen molar-refractivity contribution in [1.82, 2.24) is 20.2 Å². The molecule has 0 spiro atoms. The molecule has 2 aromatic heterocycles.